The average molecular weight is 235 g/mol. The number of hydrogen-bond acceptors (Lipinski definition) is 5. The van der Waals surface area contributed by atoms with E-state index in [4.69, 9.17) is 14.2 Å². The topological polar surface area (TPSA) is 60.0 Å². The van der Waals surface area contributed by atoms with Gasteiger partial charge in [-0.3, -0.25) is 0 Å². The minimum Gasteiger partial charge on any atom is -0.379 e. The number of ether oxygens (including phenoxy) is 3. The van der Waals surface area contributed by atoms with Crippen molar-refractivity contribution in [2.24, 2.45) is 0 Å². The fourth-order valence-corrected chi connectivity index (χ4v) is 0.963. The summed E-state index contributed by atoms with van der Waals surface area (Å²) >= 11 is 0. The Balaban J connectivity index is 3.91. The summed E-state index contributed by atoms with van der Waals surface area (Å²) in [5.74, 6) is -1.59. The first-order valence-electron chi connectivity index (χ1n) is 5.57. The summed E-state index contributed by atoms with van der Waals surface area (Å²) in [5, 5.41) is 13.0. The summed E-state index contributed by atoms with van der Waals surface area (Å²) in [7, 11) is 1.41. The van der Waals surface area contributed by atoms with E-state index in [-0.39, 0.29) is 12.1 Å². The molecule has 98 valence electrons. The van der Waals surface area contributed by atoms with Crippen LogP contribution in [0.15, 0.2) is 0 Å². The quantitative estimate of drug-likeness (QED) is 0.479. The Hall–Kier alpha value is -0.200. The van der Waals surface area contributed by atoms with Crippen LogP contribution in [0.2, 0.25) is 0 Å². The van der Waals surface area contributed by atoms with Crippen molar-refractivity contribution in [2.45, 2.75) is 39.2 Å². The Morgan fingerprint density at radius 3 is 2.25 bits per heavy atom. The molecule has 2 N–H and O–H groups in total. The van der Waals surface area contributed by atoms with Gasteiger partial charge in [-0.25, -0.2) is 0 Å². The highest BCUT2D eigenvalue weighted by molar-refractivity contribution is 4.73. The molecule has 0 amide bonds. The van der Waals surface area contributed by atoms with Crippen molar-refractivity contribution in [3.63, 3.8) is 0 Å². The molecule has 0 saturated heterocycles. The van der Waals surface area contributed by atoms with Gasteiger partial charge in [0.25, 0.3) is 5.97 Å². The second kappa shape index (κ2) is 7.19. The van der Waals surface area contributed by atoms with Crippen LogP contribution < -0.4 is 5.32 Å². The van der Waals surface area contributed by atoms with Crippen LogP contribution in [-0.4, -0.2) is 50.1 Å². The normalized spacial score (nSPS) is 16.1. The van der Waals surface area contributed by atoms with Crippen LogP contribution in [0.5, 0.6) is 0 Å². The molecule has 0 aromatic carbocycles. The van der Waals surface area contributed by atoms with Crippen molar-refractivity contribution >= 4 is 0 Å². The predicted molar refractivity (Wildman–Crippen MR) is 62.2 cm³/mol. The molecule has 1 atom stereocenters. The lowest BCUT2D eigenvalue weighted by Crippen LogP contribution is -2.50. The molecule has 0 aromatic rings. The molecule has 0 spiro atoms. The number of hydrogen-bond donors (Lipinski definition) is 2. The molecule has 5 nitrogen and oxygen atoms in total. The molecule has 0 aliphatic heterocycles. The molecule has 0 rings (SSSR count). The third-order valence-electron chi connectivity index (χ3n) is 1.92. The first-order chi connectivity index (χ1) is 7.33. The molecule has 0 aliphatic rings. The highest BCUT2D eigenvalue weighted by Crippen LogP contribution is 2.09. The lowest BCUT2D eigenvalue weighted by molar-refractivity contribution is -0.348. The zero-order valence-electron chi connectivity index (χ0n) is 11.0. The fourth-order valence-electron chi connectivity index (χ4n) is 0.963. The second-order valence-corrected chi connectivity index (χ2v) is 4.57. The predicted octanol–water partition coefficient (Wildman–Crippen LogP) is 0.720. The Bertz CT molecular complexity index is 181. The van der Waals surface area contributed by atoms with E-state index in [1.54, 1.807) is 0 Å². The first-order valence-corrected chi connectivity index (χ1v) is 5.57. The molecular weight excluding hydrogens is 210 g/mol. The maximum Gasteiger partial charge on any atom is 0.293 e. The number of rotatable bonds is 8. The number of aliphatic hydroxyl groups is 1. The van der Waals surface area contributed by atoms with E-state index in [0.717, 1.165) is 0 Å². The van der Waals surface area contributed by atoms with Crippen molar-refractivity contribution in [2.75, 3.05) is 33.5 Å². The molecule has 16 heavy (non-hydrogen) atoms. The zero-order chi connectivity index (χ0) is 12.7. The highest BCUT2D eigenvalue weighted by atomic mass is 16.8. The number of methoxy groups -OCH3 is 1. The van der Waals surface area contributed by atoms with Crippen LogP contribution in [0, 0.1) is 0 Å². The summed E-state index contributed by atoms with van der Waals surface area (Å²) in [6.45, 7) is 9.50. The van der Waals surface area contributed by atoms with Gasteiger partial charge in [-0.05, 0) is 27.7 Å². The Labute approximate surface area is 98.1 Å². The van der Waals surface area contributed by atoms with E-state index in [1.807, 2.05) is 27.7 Å². The number of β-amino-alcohol motifs (C(OH)–C–C–N with tert-alkyl or cyclic N) is 1. The van der Waals surface area contributed by atoms with Crippen molar-refractivity contribution < 1.29 is 19.3 Å². The lowest BCUT2D eigenvalue weighted by atomic mass is 10.1. The Morgan fingerprint density at radius 1 is 1.19 bits per heavy atom. The summed E-state index contributed by atoms with van der Waals surface area (Å²) in [6.07, 6.45) is 0. The summed E-state index contributed by atoms with van der Waals surface area (Å²) < 4.78 is 15.3. The first kappa shape index (κ1) is 15.8. The Kier molecular flexibility index (Phi) is 7.10. The van der Waals surface area contributed by atoms with Crippen molar-refractivity contribution in [1.29, 1.82) is 0 Å². The minimum absolute atomic E-state index is 0.101. The maximum absolute atomic E-state index is 9.92. The molecule has 0 heterocycles. The SMILES string of the molecule is CCOCCOC(O)(CNC(C)(C)C)OC. The van der Waals surface area contributed by atoms with Crippen LogP contribution in [0.1, 0.15) is 27.7 Å². The van der Waals surface area contributed by atoms with Gasteiger partial charge in [0.15, 0.2) is 0 Å². The van der Waals surface area contributed by atoms with Crippen molar-refractivity contribution in [3.05, 3.63) is 0 Å². The van der Waals surface area contributed by atoms with Gasteiger partial charge in [-0.1, -0.05) is 0 Å². The molecule has 0 aliphatic carbocycles. The molecular formula is C11H25NO4. The van der Waals surface area contributed by atoms with Gasteiger partial charge in [0.05, 0.1) is 19.8 Å². The summed E-state index contributed by atoms with van der Waals surface area (Å²) in [5.41, 5.74) is -0.101. The van der Waals surface area contributed by atoms with E-state index in [0.29, 0.717) is 19.8 Å². The summed E-state index contributed by atoms with van der Waals surface area (Å²) in [6, 6.07) is 0. The average Bonchev–Trinajstić information content (AvgIpc) is 2.21. The van der Waals surface area contributed by atoms with Gasteiger partial charge in [-0.15, -0.1) is 0 Å². The maximum atomic E-state index is 9.92. The summed E-state index contributed by atoms with van der Waals surface area (Å²) in [4.78, 5) is 0. The van der Waals surface area contributed by atoms with Gasteiger partial charge in [0.2, 0.25) is 0 Å². The van der Waals surface area contributed by atoms with Crippen molar-refractivity contribution in [1.82, 2.24) is 5.32 Å². The molecule has 5 heteroatoms. The van der Waals surface area contributed by atoms with E-state index in [1.165, 1.54) is 7.11 Å². The Morgan fingerprint density at radius 2 is 1.81 bits per heavy atom. The monoisotopic (exact) mass is 235 g/mol. The largest absolute Gasteiger partial charge is 0.379 e. The van der Waals surface area contributed by atoms with Crippen LogP contribution in [0.4, 0.5) is 0 Å². The van der Waals surface area contributed by atoms with Gasteiger partial charge < -0.3 is 24.6 Å². The van der Waals surface area contributed by atoms with E-state index < -0.39 is 5.97 Å². The van der Waals surface area contributed by atoms with Crippen LogP contribution in [0.3, 0.4) is 0 Å². The van der Waals surface area contributed by atoms with Gasteiger partial charge in [0, 0.05) is 19.3 Å². The standard InChI is InChI=1S/C11H25NO4/c1-6-15-7-8-16-11(13,14-5)9-12-10(2,3)4/h12-13H,6-9H2,1-5H3. The van der Waals surface area contributed by atoms with E-state index in [9.17, 15) is 5.11 Å². The highest BCUT2D eigenvalue weighted by Gasteiger charge is 2.29. The molecule has 0 bridgehead atoms. The van der Waals surface area contributed by atoms with Gasteiger partial charge in [0.1, 0.15) is 0 Å². The minimum atomic E-state index is -1.59. The molecule has 1 unspecified atom stereocenters. The van der Waals surface area contributed by atoms with Gasteiger partial charge >= 0.3 is 0 Å². The second-order valence-electron chi connectivity index (χ2n) is 4.57. The van der Waals surface area contributed by atoms with E-state index in [2.05, 4.69) is 5.32 Å². The fraction of sp³-hybridized carbons (Fsp3) is 1.00. The smallest absolute Gasteiger partial charge is 0.293 e. The molecule has 0 radical (unpaired) electrons. The van der Waals surface area contributed by atoms with Gasteiger partial charge in [-0.2, -0.15) is 0 Å². The number of nitrogens with one attached hydrogen (secondary N) is 1. The third-order valence-corrected chi connectivity index (χ3v) is 1.92. The van der Waals surface area contributed by atoms with Crippen LogP contribution in [0.25, 0.3) is 0 Å². The van der Waals surface area contributed by atoms with Crippen LogP contribution in [-0.2, 0) is 14.2 Å². The van der Waals surface area contributed by atoms with Crippen LogP contribution >= 0.6 is 0 Å². The van der Waals surface area contributed by atoms with Crippen molar-refractivity contribution in [3.8, 4) is 0 Å². The molecule has 0 fully saturated rings. The molecule has 0 aromatic heterocycles. The third kappa shape index (κ3) is 8.01. The lowest BCUT2D eigenvalue weighted by Gasteiger charge is -2.30. The zero-order valence-corrected chi connectivity index (χ0v) is 11.0. The van der Waals surface area contributed by atoms with E-state index >= 15 is 0 Å². The molecule has 0 saturated carbocycles.